The van der Waals surface area contributed by atoms with Crippen molar-refractivity contribution in [3.05, 3.63) is 182 Å². The summed E-state index contributed by atoms with van der Waals surface area (Å²) in [6, 6.07) is 61.8. The van der Waals surface area contributed by atoms with Gasteiger partial charge in [-0.25, -0.2) is 29.9 Å². The zero-order valence-electron chi connectivity index (χ0n) is 29.4. The molecule has 0 aliphatic rings. The van der Waals surface area contributed by atoms with E-state index in [2.05, 4.69) is 72.8 Å². The van der Waals surface area contributed by atoms with Gasteiger partial charge in [0, 0.05) is 53.6 Å². The van der Waals surface area contributed by atoms with Crippen LogP contribution in [0, 0.1) is 0 Å². The fourth-order valence-corrected chi connectivity index (χ4v) is 7.98. The predicted octanol–water partition coefficient (Wildman–Crippen LogP) is 12.1. The summed E-state index contributed by atoms with van der Waals surface area (Å²) in [5.74, 6) is 3.54. The van der Waals surface area contributed by atoms with Crippen LogP contribution in [-0.4, -0.2) is 29.9 Å². The van der Waals surface area contributed by atoms with Crippen LogP contribution in [0.2, 0.25) is 0 Å². The molecule has 0 unspecified atom stereocenters. The van der Waals surface area contributed by atoms with E-state index in [-0.39, 0.29) is 0 Å². The first-order valence-corrected chi connectivity index (χ1v) is 18.8. The van der Waals surface area contributed by atoms with Crippen LogP contribution in [0.5, 0.6) is 0 Å². The number of benzene rings is 7. The smallest absolute Gasteiger partial charge is 0.164 e. The van der Waals surface area contributed by atoms with Gasteiger partial charge in [-0.1, -0.05) is 158 Å². The van der Waals surface area contributed by atoms with Crippen molar-refractivity contribution < 1.29 is 0 Å². The van der Waals surface area contributed by atoms with Gasteiger partial charge in [0.05, 0.1) is 0 Å². The molecule has 0 atom stereocenters. The summed E-state index contributed by atoms with van der Waals surface area (Å²) in [5.41, 5.74) is 7.54. The monoisotopic (exact) mass is 722 g/mol. The average Bonchev–Trinajstić information content (AvgIpc) is 3.65. The molecule has 258 valence electrons. The lowest BCUT2D eigenvalue weighted by Crippen LogP contribution is -2.02. The highest BCUT2D eigenvalue weighted by molar-refractivity contribution is 7.25. The van der Waals surface area contributed by atoms with Crippen molar-refractivity contribution in [2.45, 2.75) is 0 Å². The minimum absolute atomic E-state index is 0.559. The predicted molar refractivity (Wildman–Crippen MR) is 224 cm³/mol. The Morgan fingerprint density at radius 1 is 0.236 bits per heavy atom. The Balaban J connectivity index is 1.10. The van der Waals surface area contributed by atoms with E-state index in [1.165, 1.54) is 20.2 Å². The molecule has 0 saturated heterocycles. The van der Waals surface area contributed by atoms with Gasteiger partial charge in [-0.05, 0) is 35.4 Å². The van der Waals surface area contributed by atoms with Crippen LogP contribution in [0.25, 0.3) is 99.6 Å². The van der Waals surface area contributed by atoms with Crippen LogP contribution in [-0.2, 0) is 0 Å². The van der Waals surface area contributed by atoms with Crippen molar-refractivity contribution in [2.75, 3.05) is 0 Å². The Morgan fingerprint density at radius 2 is 0.600 bits per heavy atom. The lowest BCUT2D eigenvalue weighted by molar-refractivity contribution is 1.07. The SMILES string of the molecule is c1ccc(-c2cccc(-c3nc(-c4ccccc4)nc(-c4cccc(-c5nc(-c6ccccc6)nc(-c6ccc7c(c6)sc6ccccc67)n5)c4)n3)c2)cc1. The summed E-state index contributed by atoms with van der Waals surface area (Å²) in [6.45, 7) is 0. The van der Waals surface area contributed by atoms with Crippen molar-refractivity contribution >= 4 is 31.5 Å². The van der Waals surface area contributed by atoms with E-state index >= 15 is 0 Å². The fourth-order valence-electron chi connectivity index (χ4n) is 6.83. The Kier molecular flexibility index (Phi) is 8.24. The van der Waals surface area contributed by atoms with Crippen LogP contribution >= 0.6 is 11.3 Å². The lowest BCUT2D eigenvalue weighted by atomic mass is 10.0. The molecular weight excluding hydrogens is 693 g/mol. The molecule has 3 aromatic heterocycles. The van der Waals surface area contributed by atoms with Gasteiger partial charge in [0.1, 0.15) is 0 Å². The number of fused-ring (bicyclic) bond motifs is 3. The third-order valence-electron chi connectivity index (χ3n) is 9.58. The van der Waals surface area contributed by atoms with Gasteiger partial charge in [-0.2, -0.15) is 0 Å². The summed E-state index contributed by atoms with van der Waals surface area (Å²) in [7, 11) is 0. The Bertz CT molecular complexity index is 2980. The third-order valence-corrected chi connectivity index (χ3v) is 10.7. The number of hydrogen-bond donors (Lipinski definition) is 0. The maximum absolute atomic E-state index is 5.09. The Hall–Kier alpha value is -7.22. The summed E-state index contributed by atoms with van der Waals surface area (Å²) in [5, 5.41) is 2.49. The number of aromatic nitrogens is 6. The molecule has 0 aliphatic carbocycles. The van der Waals surface area contributed by atoms with Crippen LogP contribution in [0.15, 0.2) is 182 Å². The highest BCUT2D eigenvalue weighted by atomic mass is 32.1. The molecule has 0 spiro atoms. The molecule has 0 radical (unpaired) electrons. The van der Waals surface area contributed by atoms with Crippen molar-refractivity contribution in [3.8, 4) is 79.5 Å². The molecule has 0 N–H and O–H groups in total. The number of thiophene rings is 1. The topological polar surface area (TPSA) is 77.3 Å². The molecule has 7 heteroatoms. The standard InChI is InChI=1S/C48H30N6S/c1-4-14-31(15-5-1)34-20-12-21-35(28-34)45-49-43(32-16-6-2-7-17-32)50-46(53-45)36-22-13-23-37(29-36)47-51-44(33-18-8-3-9-19-33)52-48(54-47)38-26-27-40-39-24-10-11-25-41(39)55-42(40)30-38/h1-30H. The second-order valence-electron chi connectivity index (χ2n) is 13.2. The van der Waals surface area contributed by atoms with Crippen LogP contribution in [0.4, 0.5) is 0 Å². The number of nitrogens with zero attached hydrogens (tertiary/aromatic N) is 6. The van der Waals surface area contributed by atoms with Gasteiger partial charge in [-0.3, -0.25) is 0 Å². The zero-order valence-corrected chi connectivity index (χ0v) is 30.2. The van der Waals surface area contributed by atoms with Crippen molar-refractivity contribution in [2.24, 2.45) is 0 Å². The van der Waals surface area contributed by atoms with E-state index in [0.29, 0.717) is 34.9 Å². The largest absolute Gasteiger partial charge is 0.208 e. The first kappa shape index (κ1) is 32.4. The van der Waals surface area contributed by atoms with Gasteiger partial charge >= 0.3 is 0 Å². The molecular formula is C48H30N6S. The van der Waals surface area contributed by atoms with E-state index < -0.39 is 0 Å². The fraction of sp³-hybridized carbons (Fsp3) is 0. The minimum Gasteiger partial charge on any atom is -0.208 e. The van der Waals surface area contributed by atoms with Gasteiger partial charge in [0.25, 0.3) is 0 Å². The molecule has 0 fully saturated rings. The molecule has 0 aliphatic heterocycles. The Labute approximate surface area is 321 Å². The second-order valence-corrected chi connectivity index (χ2v) is 14.3. The van der Waals surface area contributed by atoms with Crippen molar-refractivity contribution in [1.82, 2.24) is 29.9 Å². The normalized spacial score (nSPS) is 11.3. The second kappa shape index (κ2) is 14.0. The third kappa shape index (κ3) is 6.43. The molecule has 3 heterocycles. The summed E-state index contributed by atoms with van der Waals surface area (Å²) < 4.78 is 2.45. The molecule has 0 amide bonds. The molecule has 6 nitrogen and oxygen atoms in total. The molecule has 0 bridgehead atoms. The average molecular weight is 723 g/mol. The summed E-state index contributed by atoms with van der Waals surface area (Å²) in [4.78, 5) is 30.2. The van der Waals surface area contributed by atoms with E-state index in [0.717, 1.165) is 44.5 Å². The van der Waals surface area contributed by atoms with Crippen LogP contribution in [0.1, 0.15) is 0 Å². The molecule has 55 heavy (non-hydrogen) atoms. The number of rotatable bonds is 7. The van der Waals surface area contributed by atoms with Crippen LogP contribution in [0.3, 0.4) is 0 Å². The zero-order chi connectivity index (χ0) is 36.6. The Morgan fingerprint density at radius 3 is 1.13 bits per heavy atom. The van der Waals surface area contributed by atoms with Crippen molar-refractivity contribution in [3.63, 3.8) is 0 Å². The van der Waals surface area contributed by atoms with E-state index in [1.807, 2.05) is 109 Å². The van der Waals surface area contributed by atoms with Crippen LogP contribution < -0.4 is 0 Å². The van der Waals surface area contributed by atoms with Gasteiger partial charge in [0.15, 0.2) is 34.9 Å². The van der Waals surface area contributed by atoms with Crippen molar-refractivity contribution in [1.29, 1.82) is 0 Å². The van der Waals surface area contributed by atoms with E-state index in [1.54, 1.807) is 11.3 Å². The quantitative estimate of drug-likeness (QED) is 0.163. The highest BCUT2D eigenvalue weighted by Gasteiger charge is 2.17. The highest BCUT2D eigenvalue weighted by Crippen LogP contribution is 2.37. The maximum atomic E-state index is 5.09. The van der Waals surface area contributed by atoms with Gasteiger partial charge in [0.2, 0.25) is 0 Å². The molecule has 7 aromatic carbocycles. The summed E-state index contributed by atoms with van der Waals surface area (Å²) >= 11 is 1.78. The van der Waals surface area contributed by atoms with Gasteiger partial charge in [-0.15, -0.1) is 11.3 Å². The minimum atomic E-state index is 0.559. The first-order valence-electron chi connectivity index (χ1n) is 18.0. The number of hydrogen-bond acceptors (Lipinski definition) is 7. The maximum Gasteiger partial charge on any atom is 0.164 e. The van der Waals surface area contributed by atoms with E-state index in [4.69, 9.17) is 29.9 Å². The molecule has 10 rings (SSSR count). The summed E-state index contributed by atoms with van der Waals surface area (Å²) in [6.07, 6.45) is 0. The lowest BCUT2D eigenvalue weighted by Gasteiger charge is -2.11. The molecule has 0 saturated carbocycles. The van der Waals surface area contributed by atoms with E-state index in [9.17, 15) is 0 Å². The first-order chi connectivity index (χ1) is 27.2. The molecule has 10 aromatic rings. The van der Waals surface area contributed by atoms with Gasteiger partial charge < -0.3 is 0 Å².